The minimum absolute atomic E-state index is 0.240. The van der Waals surface area contributed by atoms with Crippen molar-refractivity contribution in [2.45, 2.75) is 18.9 Å². The fraction of sp³-hybridized carbons (Fsp3) is 0.174. The molecule has 28 heavy (non-hydrogen) atoms. The van der Waals surface area contributed by atoms with Gasteiger partial charge >= 0.3 is 0 Å². The molecular weight excluding hydrogens is 350 g/mol. The second kappa shape index (κ2) is 9.46. The van der Waals surface area contributed by atoms with Crippen molar-refractivity contribution >= 4 is 18.1 Å². The molecule has 0 aliphatic heterocycles. The van der Waals surface area contributed by atoms with E-state index in [0.717, 1.165) is 12.6 Å². The van der Waals surface area contributed by atoms with Gasteiger partial charge in [-0.1, -0.05) is 60.7 Å². The van der Waals surface area contributed by atoms with E-state index in [0.29, 0.717) is 12.4 Å². The van der Waals surface area contributed by atoms with Crippen molar-refractivity contribution in [2.75, 3.05) is 7.05 Å². The Labute approximate surface area is 164 Å². The van der Waals surface area contributed by atoms with Crippen molar-refractivity contribution in [3.63, 3.8) is 0 Å². The van der Waals surface area contributed by atoms with Gasteiger partial charge < -0.3 is 9.67 Å². The predicted octanol–water partition coefficient (Wildman–Crippen LogP) is 4.27. The first-order valence-electron chi connectivity index (χ1n) is 9.17. The Morgan fingerprint density at radius 1 is 1.11 bits per heavy atom. The number of rotatable bonds is 8. The van der Waals surface area contributed by atoms with E-state index in [1.54, 1.807) is 6.20 Å². The Morgan fingerprint density at radius 3 is 2.29 bits per heavy atom. The molecule has 1 aromatic heterocycles. The number of carbonyl (C=O) groups excluding carboxylic acids is 1. The number of ketones is 1. The summed E-state index contributed by atoms with van der Waals surface area (Å²) in [6.45, 7) is 0.698. The van der Waals surface area contributed by atoms with E-state index in [-0.39, 0.29) is 11.7 Å². The molecule has 0 radical (unpaired) electrons. The van der Waals surface area contributed by atoms with Crippen LogP contribution in [0.15, 0.2) is 83.8 Å². The molecule has 3 aromatic rings. The number of nitrogens with zero attached hydrogens (tertiary/aromatic N) is 3. The molecule has 1 heterocycles. The second-order valence-corrected chi connectivity index (χ2v) is 6.42. The maximum absolute atomic E-state index is 11.7. The molecule has 0 bridgehead atoms. The minimum atomic E-state index is -0.538. The van der Waals surface area contributed by atoms with E-state index < -0.39 is 5.78 Å². The molecule has 2 aromatic carbocycles. The summed E-state index contributed by atoms with van der Waals surface area (Å²) in [6.07, 6.45) is 6.84. The van der Waals surface area contributed by atoms with Gasteiger partial charge in [-0.05, 0) is 17.5 Å². The minimum Gasteiger partial charge on any atom is -0.504 e. The molecule has 0 fully saturated rings. The first-order chi connectivity index (χ1) is 13.7. The second-order valence-electron chi connectivity index (χ2n) is 6.42. The molecule has 1 N–H and O–H groups in total. The molecule has 0 aliphatic carbocycles. The molecule has 142 valence electrons. The predicted molar refractivity (Wildman–Crippen MR) is 112 cm³/mol. The van der Waals surface area contributed by atoms with Gasteiger partial charge in [0, 0.05) is 38.0 Å². The maximum atomic E-state index is 11.7. The molecule has 0 saturated carbocycles. The third-order valence-electron chi connectivity index (χ3n) is 4.57. The zero-order chi connectivity index (χ0) is 19.8. The number of aromatic nitrogens is 2. The average Bonchev–Trinajstić information content (AvgIpc) is 3.17. The highest BCUT2D eigenvalue weighted by Gasteiger charge is 2.15. The number of aliphatic hydroxyl groups is 1. The zero-order valence-corrected chi connectivity index (χ0v) is 15.8. The van der Waals surface area contributed by atoms with Crippen LogP contribution in [0.2, 0.25) is 0 Å². The summed E-state index contributed by atoms with van der Waals surface area (Å²) in [7, 11) is 1.49. The van der Waals surface area contributed by atoms with Gasteiger partial charge in [0.15, 0.2) is 5.76 Å². The molecule has 0 saturated heterocycles. The van der Waals surface area contributed by atoms with Crippen LogP contribution in [0, 0.1) is 0 Å². The Hall–Kier alpha value is -3.47. The van der Waals surface area contributed by atoms with Crippen LogP contribution < -0.4 is 0 Å². The van der Waals surface area contributed by atoms with Crippen LogP contribution in [0.25, 0.3) is 6.08 Å². The number of aliphatic imine (C=N–C) groups is 1. The molecule has 0 unspecified atom stereocenters. The Morgan fingerprint density at radius 2 is 1.71 bits per heavy atom. The van der Waals surface area contributed by atoms with Crippen molar-refractivity contribution < 1.29 is 9.90 Å². The summed E-state index contributed by atoms with van der Waals surface area (Å²) in [6, 6.07) is 20.8. The Bertz CT molecular complexity index is 920. The van der Waals surface area contributed by atoms with Crippen LogP contribution in [0.5, 0.6) is 0 Å². The number of imidazole rings is 1. The fourth-order valence-electron chi connectivity index (χ4n) is 3.19. The highest BCUT2D eigenvalue weighted by molar-refractivity contribution is 6.35. The number of Topliss-reactive ketones (excluding diaryl/α,β-unsaturated/α-hetero) is 1. The van der Waals surface area contributed by atoms with E-state index in [1.807, 2.05) is 22.9 Å². The van der Waals surface area contributed by atoms with Crippen LogP contribution in [-0.2, 0) is 11.3 Å². The van der Waals surface area contributed by atoms with Crippen molar-refractivity contribution in [1.82, 2.24) is 9.55 Å². The van der Waals surface area contributed by atoms with Gasteiger partial charge in [-0.2, -0.15) is 0 Å². The summed E-state index contributed by atoms with van der Waals surface area (Å²) in [5.74, 6) is -0.136. The van der Waals surface area contributed by atoms with E-state index in [9.17, 15) is 9.90 Å². The van der Waals surface area contributed by atoms with Gasteiger partial charge in [-0.25, -0.2) is 4.98 Å². The molecule has 5 nitrogen and oxygen atoms in total. The Balaban J connectivity index is 1.81. The van der Waals surface area contributed by atoms with Crippen LogP contribution >= 0.6 is 0 Å². The van der Waals surface area contributed by atoms with Gasteiger partial charge in [-0.3, -0.25) is 9.79 Å². The normalized spacial score (nSPS) is 12.0. The molecular formula is C23H23N3O2. The third kappa shape index (κ3) is 4.82. The van der Waals surface area contributed by atoms with Gasteiger partial charge in [0.05, 0.1) is 6.21 Å². The number of aryl methyl sites for hydroxylation is 1. The number of hydrogen-bond acceptors (Lipinski definition) is 4. The lowest BCUT2D eigenvalue weighted by atomic mass is 9.88. The van der Waals surface area contributed by atoms with Gasteiger partial charge in [-0.15, -0.1) is 0 Å². The van der Waals surface area contributed by atoms with Gasteiger partial charge in [0.1, 0.15) is 5.82 Å². The van der Waals surface area contributed by atoms with Crippen LogP contribution in [-0.4, -0.2) is 33.7 Å². The molecule has 0 amide bonds. The quantitative estimate of drug-likeness (QED) is 0.364. The zero-order valence-electron chi connectivity index (χ0n) is 15.8. The van der Waals surface area contributed by atoms with Crippen LogP contribution in [0.4, 0.5) is 0 Å². The number of carbonyl (C=O) groups is 1. The highest BCUT2D eigenvalue weighted by Crippen LogP contribution is 2.28. The summed E-state index contributed by atoms with van der Waals surface area (Å²) in [4.78, 5) is 19.6. The molecule has 3 rings (SSSR count). The average molecular weight is 373 g/mol. The van der Waals surface area contributed by atoms with Gasteiger partial charge in [0.2, 0.25) is 5.78 Å². The number of benzene rings is 2. The van der Waals surface area contributed by atoms with Crippen molar-refractivity contribution in [3.05, 3.63) is 95.8 Å². The maximum Gasteiger partial charge on any atom is 0.237 e. The lowest BCUT2D eigenvalue weighted by Crippen LogP contribution is -2.09. The summed E-state index contributed by atoms with van der Waals surface area (Å²) < 4.78 is 1.94. The number of hydrogen-bond donors (Lipinski definition) is 1. The van der Waals surface area contributed by atoms with E-state index in [2.05, 4.69) is 58.5 Å². The van der Waals surface area contributed by atoms with E-state index >= 15 is 0 Å². The smallest absolute Gasteiger partial charge is 0.237 e. The Kier molecular flexibility index (Phi) is 6.52. The summed E-state index contributed by atoms with van der Waals surface area (Å²) in [5.41, 5.74) is 2.51. The SMILES string of the molecule is C/N=C\C(=O)/C(O)=C/c1nccn1CCC(c1ccccc1)c1ccccc1. The van der Waals surface area contributed by atoms with Gasteiger partial charge in [0.25, 0.3) is 0 Å². The molecule has 5 heteroatoms. The van der Waals surface area contributed by atoms with Crippen molar-refractivity contribution in [2.24, 2.45) is 4.99 Å². The summed E-state index contributed by atoms with van der Waals surface area (Å²) in [5, 5.41) is 9.95. The molecule has 0 aliphatic rings. The number of aliphatic hydroxyl groups excluding tert-OH is 1. The topological polar surface area (TPSA) is 67.5 Å². The fourth-order valence-corrected chi connectivity index (χ4v) is 3.19. The lowest BCUT2D eigenvalue weighted by molar-refractivity contribution is -0.111. The standard InChI is InChI=1S/C23H23N3O2/c1-24-17-22(28)21(27)16-23-25-13-15-26(23)14-12-20(18-8-4-2-5-9-18)19-10-6-3-7-11-19/h2-11,13,15-17,20,27H,12,14H2,1H3/b21-16-,24-17-. The molecule has 0 atom stereocenters. The molecule has 0 spiro atoms. The van der Waals surface area contributed by atoms with E-state index in [4.69, 9.17) is 0 Å². The first kappa shape index (κ1) is 19.3. The largest absolute Gasteiger partial charge is 0.504 e. The third-order valence-corrected chi connectivity index (χ3v) is 4.57. The van der Waals surface area contributed by atoms with Crippen molar-refractivity contribution in [1.29, 1.82) is 0 Å². The van der Waals surface area contributed by atoms with E-state index in [1.165, 1.54) is 24.3 Å². The van der Waals surface area contributed by atoms with Crippen LogP contribution in [0.3, 0.4) is 0 Å². The summed E-state index contributed by atoms with van der Waals surface area (Å²) >= 11 is 0. The van der Waals surface area contributed by atoms with Crippen LogP contribution in [0.1, 0.15) is 29.3 Å². The lowest BCUT2D eigenvalue weighted by Gasteiger charge is -2.19. The number of allylic oxidation sites excluding steroid dienone is 1. The monoisotopic (exact) mass is 373 g/mol. The first-order valence-corrected chi connectivity index (χ1v) is 9.17. The highest BCUT2D eigenvalue weighted by atomic mass is 16.3. The van der Waals surface area contributed by atoms with Crippen molar-refractivity contribution in [3.8, 4) is 0 Å².